The lowest BCUT2D eigenvalue weighted by atomic mass is 9.94. The summed E-state index contributed by atoms with van der Waals surface area (Å²) < 4.78 is 258. The number of hydrogen-bond donors (Lipinski definition) is 0. The molecule has 0 amide bonds. The molecule has 10 aromatic rings. The number of fused-ring (bicyclic) bond motifs is 3. The Morgan fingerprint density at radius 2 is 0.582 bits per heavy atom. The topological polar surface area (TPSA) is 43.6 Å². The van der Waals surface area contributed by atoms with E-state index in [-0.39, 0.29) is 85.4 Å². The van der Waals surface area contributed by atoms with Gasteiger partial charge in [0, 0.05) is 33.2 Å². The average molecular weight is 1110 g/mol. The highest BCUT2D eigenvalue weighted by Gasteiger charge is 2.40. The van der Waals surface area contributed by atoms with E-state index in [2.05, 4.69) is 15.0 Å². The number of benzene rings is 8. The minimum Gasteiger partial charge on any atom is -0.309 e. The molecule has 10 rings (SSSR count). The average Bonchev–Trinajstić information content (AvgIpc) is 3.87. The molecule has 0 saturated heterocycles. The summed E-state index contributed by atoms with van der Waals surface area (Å²) >= 11 is 0. The molecular weight excluding hydrogens is 1080 g/mol. The van der Waals surface area contributed by atoms with Gasteiger partial charge in [-0.05, 0) is 124 Å². The van der Waals surface area contributed by atoms with E-state index in [1.54, 1.807) is 60.7 Å². The van der Waals surface area contributed by atoms with Crippen LogP contribution in [0.15, 0.2) is 170 Å². The van der Waals surface area contributed by atoms with E-state index in [0.29, 0.717) is 47.5 Å². The Kier molecular flexibility index (Phi) is 12.9. The number of alkyl halides is 18. The molecule has 0 aliphatic carbocycles. The van der Waals surface area contributed by atoms with Gasteiger partial charge in [0.15, 0.2) is 17.5 Å². The molecule has 22 heteroatoms. The molecule has 0 radical (unpaired) electrons. The number of hydrogen-bond acceptors (Lipinski definition) is 3. The Morgan fingerprint density at radius 3 is 0.924 bits per heavy atom. The van der Waals surface area contributed by atoms with Crippen molar-refractivity contribution in [2.45, 2.75) is 37.1 Å². The van der Waals surface area contributed by atoms with Gasteiger partial charge in [-0.1, -0.05) is 78.9 Å². The van der Waals surface area contributed by atoms with E-state index in [9.17, 15) is 79.0 Å². The van der Waals surface area contributed by atoms with Gasteiger partial charge in [-0.25, -0.2) is 15.0 Å². The molecule has 0 fully saturated rings. The summed E-state index contributed by atoms with van der Waals surface area (Å²) in [4.78, 5) is 13.9. The fourth-order valence-electron chi connectivity index (χ4n) is 9.05. The Balaban J connectivity index is 1.29. The van der Waals surface area contributed by atoms with Crippen LogP contribution in [0, 0.1) is 0 Å². The molecule has 79 heavy (non-hydrogen) atoms. The molecule has 0 aliphatic rings. The van der Waals surface area contributed by atoms with Gasteiger partial charge in [0.25, 0.3) is 0 Å². The van der Waals surface area contributed by atoms with Crippen molar-refractivity contribution in [3.63, 3.8) is 0 Å². The van der Waals surface area contributed by atoms with E-state index in [1.807, 2.05) is 0 Å². The Hall–Kier alpha value is -8.69. The minimum absolute atomic E-state index is 0.00991. The molecule has 0 saturated carbocycles. The first kappa shape index (κ1) is 53.7. The van der Waals surface area contributed by atoms with E-state index >= 15 is 0 Å². The first-order chi connectivity index (χ1) is 36.9. The molecule has 0 atom stereocenters. The summed E-state index contributed by atoms with van der Waals surface area (Å²) in [5, 5.41) is -0.112. The SMILES string of the molecule is FC(F)(F)c1cc(-c2ccc3c(c2)c2cc(-c4cc(C(F)(F)F)cc(C(F)(F)F)c4)ccc2n3-c2ccc(-c3cc(C(F)(F)F)cc(C(F)(F)F)c3)c(-c3nc(-c4ccccc4)nc(-c4ccccc4)n3)c2)cc(C(F)(F)F)c1. The molecular formula is C57H28F18N4. The maximum atomic E-state index is 14.5. The number of rotatable bonds is 7. The van der Waals surface area contributed by atoms with Crippen molar-refractivity contribution in [1.82, 2.24) is 19.5 Å². The molecule has 2 heterocycles. The predicted molar refractivity (Wildman–Crippen MR) is 257 cm³/mol. The van der Waals surface area contributed by atoms with Crippen molar-refractivity contribution in [2.24, 2.45) is 0 Å². The maximum Gasteiger partial charge on any atom is 0.416 e. The van der Waals surface area contributed by atoms with Crippen LogP contribution >= 0.6 is 0 Å². The van der Waals surface area contributed by atoms with Crippen LogP contribution in [-0.4, -0.2) is 19.5 Å². The fourth-order valence-corrected chi connectivity index (χ4v) is 9.05. The number of aromatic nitrogens is 4. The quantitative estimate of drug-likeness (QED) is 0.149. The lowest BCUT2D eigenvalue weighted by Crippen LogP contribution is -2.11. The van der Waals surface area contributed by atoms with Gasteiger partial charge >= 0.3 is 37.1 Å². The van der Waals surface area contributed by atoms with Crippen LogP contribution in [0.25, 0.3) is 95.0 Å². The van der Waals surface area contributed by atoms with Crippen molar-refractivity contribution >= 4 is 21.8 Å². The second-order valence-corrected chi connectivity index (χ2v) is 18.0. The summed E-state index contributed by atoms with van der Waals surface area (Å²) in [5.74, 6) is -0.329. The summed E-state index contributed by atoms with van der Waals surface area (Å²) in [6.07, 6.45) is -31.8. The van der Waals surface area contributed by atoms with E-state index in [0.717, 1.165) is 30.3 Å². The monoisotopic (exact) mass is 1110 g/mol. The molecule has 0 N–H and O–H groups in total. The standard InChI is InChI=1S/C57H28F18N4/c58-52(59,60)36-17-33(18-37(25-36)53(61,62)63)31-11-15-47-44(23-31)45-24-32(34-19-38(54(64,65)66)26-39(20-34)55(67,68)69)12-16-48(45)79(47)42-13-14-43(35-21-40(56(70,71)72)27-41(22-35)57(73,74)75)46(28-42)51-77-49(29-7-3-1-4-8-29)76-50(78-51)30-9-5-2-6-10-30/h1-28H. The van der Waals surface area contributed by atoms with Gasteiger partial charge < -0.3 is 4.57 Å². The number of halogens is 18. The van der Waals surface area contributed by atoms with Crippen LogP contribution < -0.4 is 0 Å². The van der Waals surface area contributed by atoms with Crippen LogP contribution in [0.4, 0.5) is 79.0 Å². The summed E-state index contributed by atoms with van der Waals surface area (Å²) in [5.41, 5.74) is -12.2. The highest BCUT2D eigenvalue weighted by molar-refractivity contribution is 6.12. The fraction of sp³-hybridized carbons (Fsp3) is 0.105. The summed E-state index contributed by atoms with van der Waals surface area (Å²) in [6.45, 7) is 0. The molecule has 8 aromatic carbocycles. The van der Waals surface area contributed by atoms with Gasteiger partial charge in [0.2, 0.25) is 0 Å². The highest BCUT2D eigenvalue weighted by Crippen LogP contribution is 2.46. The Bertz CT molecular complexity index is 3690. The zero-order valence-electron chi connectivity index (χ0n) is 39.3. The summed E-state index contributed by atoms with van der Waals surface area (Å²) in [7, 11) is 0. The second kappa shape index (κ2) is 19.0. The van der Waals surface area contributed by atoms with E-state index < -0.39 is 87.1 Å². The van der Waals surface area contributed by atoms with E-state index in [4.69, 9.17) is 0 Å². The molecule has 0 aliphatic heterocycles. The zero-order chi connectivity index (χ0) is 56.8. The van der Waals surface area contributed by atoms with Crippen LogP contribution in [0.3, 0.4) is 0 Å². The molecule has 0 spiro atoms. The minimum atomic E-state index is -5.31. The van der Waals surface area contributed by atoms with Crippen LogP contribution in [0.1, 0.15) is 33.4 Å². The molecule has 0 unspecified atom stereocenters. The van der Waals surface area contributed by atoms with Crippen molar-refractivity contribution in [3.05, 3.63) is 203 Å². The van der Waals surface area contributed by atoms with Gasteiger partial charge in [0.1, 0.15) is 0 Å². The predicted octanol–water partition coefficient (Wildman–Crippen LogP) is 19.1. The smallest absolute Gasteiger partial charge is 0.309 e. The van der Waals surface area contributed by atoms with Crippen molar-refractivity contribution in [1.29, 1.82) is 0 Å². The lowest BCUT2D eigenvalue weighted by molar-refractivity contribution is -0.144. The summed E-state index contributed by atoms with van der Waals surface area (Å²) in [6, 6.07) is 29.5. The van der Waals surface area contributed by atoms with Crippen LogP contribution in [-0.2, 0) is 37.1 Å². The molecule has 0 bridgehead atoms. The Labute approximate surface area is 432 Å². The maximum absolute atomic E-state index is 14.5. The van der Waals surface area contributed by atoms with Gasteiger partial charge in [-0.3, -0.25) is 0 Å². The van der Waals surface area contributed by atoms with Crippen LogP contribution in [0.5, 0.6) is 0 Å². The number of nitrogens with zero attached hydrogens (tertiary/aromatic N) is 4. The first-order valence-corrected chi connectivity index (χ1v) is 22.9. The highest BCUT2D eigenvalue weighted by atomic mass is 19.4. The van der Waals surface area contributed by atoms with Gasteiger partial charge in [0.05, 0.1) is 44.4 Å². The third-order valence-corrected chi connectivity index (χ3v) is 12.7. The second-order valence-electron chi connectivity index (χ2n) is 18.0. The van der Waals surface area contributed by atoms with Gasteiger partial charge in [-0.15, -0.1) is 0 Å². The van der Waals surface area contributed by atoms with Crippen molar-refractivity contribution < 1.29 is 79.0 Å². The normalized spacial score (nSPS) is 12.9. The van der Waals surface area contributed by atoms with E-state index in [1.165, 1.54) is 28.8 Å². The van der Waals surface area contributed by atoms with Crippen LogP contribution in [0.2, 0.25) is 0 Å². The van der Waals surface area contributed by atoms with Gasteiger partial charge in [-0.2, -0.15) is 79.0 Å². The lowest BCUT2D eigenvalue weighted by Gasteiger charge is -2.18. The molecule has 2 aromatic heterocycles. The molecule has 4 nitrogen and oxygen atoms in total. The third-order valence-electron chi connectivity index (χ3n) is 12.7. The first-order valence-electron chi connectivity index (χ1n) is 22.9. The third kappa shape index (κ3) is 10.8. The zero-order valence-corrected chi connectivity index (χ0v) is 39.3. The Morgan fingerprint density at radius 1 is 0.253 bits per heavy atom. The largest absolute Gasteiger partial charge is 0.416 e. The molecule has 402 valence electrons. The van der Waals surface area contributed by atoms with Crippen molar-refractivity contribution in [3.8, 4) is 73.2 Å². The van der Waals surface area contributed by atoms with Crippen molar-refractivity contribution in [2.75, 3.05) is 0 Å².